The molecule has 0 aliphatic heterocycles. The lowest BCUT2D eigenvalue weighted by Crippen LogP contribution is -2.29. The third kappa shape index (κ3) is 5.58. The van der Waals surface area contributed by atoms with E-state index in [1.54, 1.807) is 4.42 Å². The summed E-state index contributed by atoms with van der Waals surface area (Å²) in [6.45, 7) is 9.33. The number of aliphatic hydroxyl groups is 1. The van der Waals surface area contributed by atoms with Crippen molar-refractivity contribution in [3.8, 4) is 0 Å². The fraction of sp³-hybridized carbons (Fsp3) is 0.778. The molecule has 0 aromatic carbocycles. The second-order valence-corrected chi connectivity index (χ2v) is 4.20. The van der Waals surface area contributed by atoms with Crippen LogP contribution in [0, 0.1) is 5.41 Å². The van der Waals surface area contributed by atoms with Crippen molar-refractivity contribution in [3.05, 3.63) is 12.7 Å². The number of allylic oxidation sites excluding steroid dienone is 1. The monoisotopic (exact) mass is 191 g/mol. The number of aliphatic hydroxyl groups excluding tert-OH is 1. The van der Waals surface area contributed by atoms with Crippen LogP contribution in [0.3, 0.4) is 0 Å². The first-order chi connectivity index (χ1) is 5.52. The quantitative estimate of drug-likeness (QED) is 0.513. The van der Waals surface area contributed by atoms with Crippen molar-refractivity contribution >= 4 is 11.8 Å². The van der Waals surface area contributed by atoms with Gasteiger partial charge in [0.2, 0.25) is 0 Å². The molecular formula is C9H18ClNO. The van der Waals surface area contributed by atoms with Crippen molar-refractivity contribution < 1.29 is 5.11 Å². The summed E-state index contributed by atoms with van der Waals surface area (Å²) in [4.78, 5) is 0. The standard InChI is InChI=1S/C9H18ClNO/c1-4-5-9(2,3)8-11(10)6-7-12/h4,12H,1,5-8H2,2-3H3. The molecule has 0 unspecified atom stereocenters. The summed E-state index contributed by atoms with van der Waals surface area (Å²) >= 11 is 5.84. The largest absolute Gasteiger partial charge is 0.395 e. The van der Waals surface area contributed by atoms with Crippen LogP contribution < -0.4 is 0 Å². The normalized spacial score (nSPS) is 12.1. The highest BCUT2D eigenvalue weighted by Crippen LogP contribution is 2.22. The molecule has 0 rings (SSSR count). The van der Waals surface area contributed by atoms with Crippen molar-refractivity contribution in [1.82, 2.24) is 4.42 Å². The predicted molar refractivity (Wildman–Crippen MR) is 53.1 cm³/mol. The third-order valence-corrected chi connectivity index (χ3v) is 1.93. The zero-order valence-corrected chi connectivity index (χ0v) is 8.64. The second-order valence-electron chi connectivity index (χ2n) is 3.72. The molecule has 0 aliphatic carbocycles. The summed E-state index contributed by atoms with van der Waals surface area (Å²) in [7, 11) is 0. The Morgan fingerprint density at radius 1 is 1.58 bits per heavy atom. The Balaban J connectivity index is 3.78. The zero-order chi connectivity index (χ0) is 9.61. The Morgan fingerprint density at radius 2 is 2.17 bits per heavy atom. The van der Waals surface area contributed by atoms with Crippen LogP contribution >= 0.6 is 11.8 Å². The van der Waals surface area contributed by atoms with Crippen LogP contribution in [-0.2, 0) is 0 Å². The van der Waals surface area contributed by atoms with Gasteiger partial charge in [-0.2, -0.15) is 0 Å². The summed E-state index contributed by atoms with van der Waals surface area (Å²) in [5, 5.41) is 8.62. The summed E-state index contributed by atoms with van der Waals surface area (Å²) in [5.41, 5.74) is 0.138. The van der Waals surface area contributed by atoms with Crippen molar-refractivity contribution in [2.75, 3.05) is 19.7 Å². The van der Waals surface area contributed by atoms with Crippen LogP contribution in [0.15, 0.2) is 12.7 Å². The molecule has 0 amide bonds. The summed E-state index contributed by atoms with van der Waals surface area (Å²) in [6, 6.07) is 0. The molecule has 0 radical (unpaired) electrons. The molecule has 0 aliphatic rings. The molecule has 72 valence electrons. The van der Waals surface area contributed by atoms with E-state index in [9.17, 15) is 0 Å². The Labute approximate surface area is 79.9 Å². The van der Waals surface area contributed by atoms with E-state index in [4.69, 9.17) is 16.9 Å². The van der Waals surface area contributed by atoms with E-state index < -0.39 is 0 Å². The van der Waals surface area contributed by atoms with Crippen LogP contribution in [0.4, 0.5) is 0 Å². The third-order valence-electron chi connectivity index (χ3n) is 1.64. The number of hydrogen-bond acceptors (Lipinski definition) is 2. The molecule has 0 aromatic heterocycles. The van der Waals surface area contributed by atoms with Gasteiger partial charge in [-0.05, 0) is 23.6 Å². The molecule has 2 nitrogen and oxygen atoms in total. The fourth-order valence-corrected chi connectivity index (χ4v) is 1.51. The van der Waals surface area contributed by atoms with E-state index in [1.807, 2.05) is 6.08 Å². The molecule has 0 saturated carbocycles. The highest BCUT2D eigenvalue weighted by atomic mass is 35.5. The topological polar surface area (TPSA) is 23.5 Å². The lowest BCUT2D eigenvalue weighted by molar-refractivity contribution is 0.216. The van der Waals surface area contributed by atoms with E-state index in [2.05, 4.69) is 20.4 Å². The zero-order valence-electron chi connectivity index (χ0n) is 7.89. The van der Waals surface area contributed by atoms with Crippen LogP contribution in [0.1, 0.15) is 20.3 Å². The molecule has 1 N–H and O–H groups in total. The molecule has 0 atom stereocenters. The smallest absolute Gasteiger partial charge is 0.0571 e. The van der Waals surface area contributed by atoms with Gasteiger partial charge in [0.15, 0.2) is 0 Å². The molecule has 0 aromatic rings. The number of rotatable bonds is 6. The van der Waals surface area contributed by atoms with Crippen LogP contribution in [0.5, 0.6) is 0 Å². The van der Waals surface area contributed by atoms with Crippen LogP contribution in [-0.4, -0.2) is 29.2 Å². The van der Waals surface area contributed by atoms with Gasteiger partial charge in [0, 0.05) is 13.1 Å². The summed E-state index contributed by atoms with van der Waals surface area (Å²) in [5.74, 6) is 0. The van der Waals surface area contributed by atoms with Gasteiger partial charge in [-0.15, -0.1) is 6.58 Å². The molecular weight excluding hydrogens is 174 g/mol. The molecule has 0 spiro atoms. The van der Waals surface area contributed by atoms with E-state index in [-0.39, 0.29) is 12.0 Å². The minimum absolute atomic E-state index is 0.105. The lowest BCUT2D eigenvalue weighted by atomic mass is 9.89. The molecule has 12 heavy (non-hydrogen) atoms. The van der Waals surface area contributed by atoms with Gasteiger partial charge in [0.05, 0.1) is 6.61 Å². The van der Waals surface area contributed by atoms with Crippen molar-refractivity contribution in [2.24, 2.45) is 5.41 Å². The van der Waals surface area contributed by atoms with Gasteiger partial charge in [0.25, 0.3) is 0 Å². The minimum Gasteiger partial charge on any atom is -0.395 e. The Hall–Kier alpha value is -0.0500. The molecule has 0 heterocycles. The van der Waals surface area contributed by atoms with E-state index in [0.717, 1.165) is 13.0 Å². The van der Waals surface area contributed by atoms with Crippen LogP contribution in [0.2, 0.25) is 0 Å². The number of nitrogens with zero attached hydrogens (tertiary/aromatic N) is 1. The fourth-order valence-electron chi connectivity index (χ4n) is 1.11. The Morgan fingerprint density at radius 3 is 2.58 bits per heavy atom. The van der Waals surface area contributed by atoms with Crippen molar-refractivity contribution in [3.63, 3.8) is 0 Å². The maximum Gasteiger partial charge on any atom is 0.0571 e. The second kappa shape index (κ2) is 5.57. The van der Waals surface area contributed by atoms with Gasteiger partial charge in [-0.25, -0.2) is 4.42 Å². The first-order valence-corrected chi connectivity index (χ1v) is 4.48. The molecule has 3 heteroatoms. The van der Waals surface area contributed by atoms with Gasteiger partial charge < -0.3 is 5.11 Å². The number of halogens is 1. The van der Waals surface area contributed by atoms with Crippen LogP contribution in [0.25, 0.3) is 0 Å². The minimum atomic E-state index is 0.105. The van der Waals surface area contributed by atoms with Gasteiger partial charge in [-0.3, -0.25) is 0 Å². The maximum absolute atomic E-state index is 8.62. The average molecular weight is 192 g/mol. The summed E-state index contributed by atoms with van der Waals surface area (Å²) < 4.78 is 1.61. The van der Waals surface area contributed by atoms with Gasteiger partial charge >= 0.3 is 0 Å². The van der Waals surface area contributed by atoms with E-state index in [1.165, 1.54) is 0 Å². The first kappa shape index (κ1) is 11.9. The first-order valence-electron chi connectivity index (χ1n) is 4.14. The van der Waals surface area contributed by atoms with Crippen molar-refractivity contribution in [1.29, 1.82) is 0 Å². The molecule has 0 saturated heterocycles. The predicted octanol–water partition coefficient (Wildman–Crippen LogP) is 2.04. The van der Waals surface area contributed by atoms with E-state index in [0.29, 0.717) is 6.54 Å². The average Bonchev–Trinajstić information content (AvgIpc) is 1.85. The Bertz CT molecular complexity index is 136. The highest BCUT2D eigenvalue weighted by Gasteiger charge is 2.18. The van der Waals surface area contributed by atoms with Gasteiger partial charge in [0.1, 0.15) is 0 Å². The van der Waals surface area contributed by atoms with E-state index >= 15 is 0 Å². The maximum atomic E-state index is 8.62. The SMILES string of the molecule is C=CCC(C)(C)CN(Cl)CCO. The van der Waals surface area contributed by atoms with Gasteiger partial charge in [-0.1, -0.05) is 19.9 Å². The number of hydrogen-bond donors (Lipinski definition) is 1. The molecule has 0 bridgehead atoms. The lowest BCUT2D eigenvalue weighted by Gasteiger charge is -2.26. The van der Waals surface area contributed by atoms with Crippen molar-refractivity contribution in [2.45, 2.75) is 20.3 Å². The summed E-state index contributed by atoms with van der Waals surface area (Å²) in [6.07, 6.45) is 2.82. The Kier molecular flexibility index (Phi) is 5.55. The molecule has 0 fully saturated rings. The highest BCUT2D eigenvalue weighted by molar-refractivity contribution is 6.13.